The molecule has 1 unspecified atom stereocenters. The second-order valence-corrected chi connectivity index (χ2v) is 5.52. The van der Waals surface area contributed by atoms with Crippen molar-refractivity contribution in [1.82, 2.24) is 15.1 Å². The molecule has 4 heteroatoms. The highest BCUT2D eigenvalue weighted by atomic mass is 16.5. The van der Waals surface area contributed by atoms with Gasteiger partial charge >= 0.3 is 0 Å². The Balaban J connectivity index is 2.06. The van der Waals surface area contributed by atoms with E-state index in [1.807, 2.05) is 0 Å². The first-order chi connectivity index (χ1) is 8.09. The molecule has 17 heavy (non-hydrogen) atoms. The molecule has 0 aliphatic carbocycles. The summed E-state index contributed by atoms with van der Waals surface area (Å²) in [7, 11) is 4.15. The standard InChI is InChI=1S/C13H29N3O/c1-12(2)13-11-16(6-5-14-13)8-10-17-9-7-15(3)4/h12-14H,5-11H2,1-4H3. The number of nitrogens with zero attached hydrogens (tertiary/aromatic N) is 2. The van der Waals surface area contributed by atoms with Gasteiger partial charge in [0.15, 0.2) is 0 Å². The summed E-state index contributed by atoms with van der Waals surface area (Å²) < 4.78 is 5.64. The summed E-state index contributed by atoms with van der Waals surface area (Å²) in [5.74, 6) is 0.715. The van der Waals surface area contributed by atoms with Crippen LogP contribution in [0.5, 0.6) is 0 Å². The highest BCUT2D eigenvalue weighted by molar-refractivity contribution is 4.80. The van der Waals surface area contributed by atoms with Crippen molar-refractivity contribution in [2.45, 2.75) is 19.9 Å². The molecule has 1 aliphatic rings. The van der Waals surface area contributed by atoms with Gasteiger partial charge < -0.3 is 15.0 Å². The lowest BCUT2D eigenvalue weighted by Gasteiger charge is -2.35. The van der Waals surface area contributed by atoms with Gasteiger partial charge in [0, 0.05) is 38.8 Å². The van der Waals surface area contributed by atoms with Crippen molar-refractivity contribution < 1.29 is 4.74 Å². The Morgan fingerprint density at radius 2 is 2.12 bits per heavy atom. The fourth-order valence-electron chi connectivity index (χ4n) is 2.03. The molecule has 1 aliphatic heterocycles. The Labute approximate surface area is 106 Å². The third-order valence-electron chi connectivity index (χ3n) is 3.33. The van der Waals surface area contributed by atoms with E-state index < -0.39 is 0 Å². The van der Waals surface area contributed by atoms with Gasteiger partial charge in [-0.15, -0.1) is 0 Å². The van der Waals surface area contributed by atoms with Gasteiger partial charge in [0.1, 0.15) is 0 Å². The Hall–Kier alpha value is -0.160. The molecule has 1 heterocycles. The van der Waals surface area contributed by atoms with Crippen molar-refractivity contribution in [3.8, 4) is 0 Å². The summed E-state index contributed by atoms with van der Waals surface area (Å²) in [6.45, 7) is 11.8. The van der Waals surface area contributed by atoms with Crippen LogP contribution in [0.25, 0.3) is 0 Å². The van der Waals surface area contributed by atoms with Crippen molar-refractivity contribution in [3.05, 3.63) is 0 Å². The van der Waals surface area contributed by atoms with E-state index in [2.05, 4.69) is 43.1 Å². The highest BCUT2D eigenvalue weighted by Gasteiger charge is 2.20. The molecule has 0 spiro atoms. The summed E-state index contributed by atoms with van der Waals surface area (Å²) in [6, 6.07) is 0.644. The van der Waals surface area contributed by atoms with E-state index in [1.165, 1.54) is 0 Å². The zero-order valence-corrected chi connectivity index (χ0v) is 11.9. The molecule has 1 saturated heterocycles. The Bertz CT molecular complexity index is 197. The average molecular weight is 243 g/mol. The second kappa shape index (κ2) is 8.03. The molecule has 0 bridgehead atoms. The van der Waals surface area contributed by atoms with Crippen LogP contribution in [-0.2, 0) is 4.74 Å². The van der Waals surface area contributed by atoms with Crippen LogP contribution in [0.4, 0.5) is 0 Å². The maximum atomic E-state index is 5.64. The largest absolute Gasteiger partial charge is 0.379 e. The quantitative estimate of drug-likeness (QED) is 0.659. The van der Waals surface area contributed by atoms with Crippen molar-refractivity contribution in [2.75, 3.05) is 60.0 Å². The number of hydrogen-bond donors (Lipinski definition) is 1. The van der Waals surface area contributed by atoms with Crippen LogP contribution in [0.1, 0.15) is 13.8 Å². The van der Waals surface area contributed by atoms with Crippen LogP contribution >= 0.6 is 0 Å². The van der Waals surface area contributed by atoms with Crippen LogP contribution in [0.2, 0.25) is 0 Å². The van der Waals surface area contributed by atoms with E-state index in [0.29, 0.717) is 12.0 Å². The molecular formula is C13H29N3O. The molecule has 1 rings (SSSR count). The Kier molecular flexibility index (Phi) is 7.04. The molecule has 1 N–H and O–H groups in total. The fraction of sp³-hybridized carbons (Fsp3) is 1.00. The van der Waals surface area contributed by atoms with E-state index in [1.54, 1.807) is 0 Å². The van der Waals surface area contributed by atoms with E-state index in [-0.39, 0.29) is 0 Å². The maximum absolute atomic E-state index is 5.64. The minimum atomic E-state index is 0.644. The average Bonchev–Trinajstić information content (AvgIpc) is 2.28. The van der Waals surface area contributed by atoms with Crippen LogP contribution < -0.4 is 5.32 Å². The SMILES string of the molecule is CC(C)C1CN(CCOCCN(C)C)CCN1. The fourth-order valence-corrected chi connectivity index (χ4v) is 2.03. The molecule has 4 nitrogen and oxygen atoms in total. The predicted octanol–water partition coefficient (Wildman–Crippen LogP) is 0.494. The monoisotopic (exact) mass is 243 g/mol. The van der Waals surface area contributed by atoms with Crippen LogP contribution in [0.15, 0.2) is 0 Å². The lowest BCUT2D eigenvalue weighted by atomic mass is 10.0. The van der Waals surface area contributed by atoms with Crippen molar-refractivity contribution in [1.29, 1.82) is 0 Å². The first-order valence-corrected chi connectivity index (χ1v) is 6.78. The summed E-state index contributed by atoms with van der Waals surface area (Å²) in [5.41, 5.74) is 0. The van der Waals surface area contributed by atoms with Gasteiger partial charge in [0.25, 0.3) is 0 Å². The zero-order chi connectivity index (χ0) is 12.7. The van der Waals surface area contributed by atoms with Crippen molar-refractivity contribution in [3.63, 3.8) is 0 Å². The Morgan fingerprint density at radius 3 is 2.76 bits per heavy atom. The molecular weight excluding hydrogens is 214 g/mol. The second-order valence-electron chi connectivity index (χ2n) is 5.52. The van der Waals surface area contributed by atoms with Gasteiger partial charge in [-0.1, -0.05) is 13.8 Å². The van der Waals surface area contributed by atoms with Crippen LogP contribution in [0, 0.1) is 5.92 Å². The molecule has 102 valence electrons. The molecule has 1 fully saturated rings. The number of ether oxygens (including phenoxy) is 1. The smallest absolute Gasteiger partial charge is 0.0594 e. The van der Waals surface area contributed by atoms with Crippen molar-refractivity contribution >= 4 is 0 Å². The first-order valence-electron chi connectivity index (χ1n) is 6.78. The minimum absolute atomic E-state index is 0.644. The number of nitrogens with one attached hydrogen (secondary N) is 1. The third-order valence-corrected chi connectivity index (χ3v) is 3.33. The minimum Gasteiger partial charge on any atom is -0.379 e. The number of hydrogen-bond acceptors (Lipinski definition) is 4. The van der Waals surface area contributed by atoms with Gasteiger partial charge in [-0.25, -0.2) is 0 Å². The molecule has 0 saturated carbocycles. The summed E-state index contributed by atoms with van der Waals surface area (Å²) >= 11 is 0. The van der Waals surface area contributed by atoms with Gasteiger partial charge in [-0.3, -0.25) is 4.90 Å². The summed E-state index contributed by atoms with van der Waals surface area (Å²) in [4.78, 5) is 4.66. The van der Waals surface area contributed by atoms with Crippen molar-refractivity contribution in [2.24, 2.45) is 5.92 Å². The van der Waals surface area contributed by atoms with Gasteiger partial charge in [0.2, 0.25) is 0 Å². The van der Waals surface area contributed by atoms with Gasteiger partial charge in [-0.2, -0.15) is 0 Å². The molecule has 0 aromatic rings. The molecule has 0 aromatic heterocycles. The Morgan fingerprint density at radius 1 is 1.35 bits per heavy atom. The van der Waals surface area contributed by atoms with E-state index >= 15 is 0 Å². The third kappa shape index (κ3) is 6.36. The predicted molar refractivity (Wildman–Crippen MR) is 72.4 cm³/mol. The molecule has 0 amide bonds. The van der Waals surface area contributed by atoms with Crippen LogP contribution in [0.3, 0.4) is 0 Å². The molecule has 0 radical (unpaired) electrons. The van der Waals surface area contributed by atoms with Crippen LogP contribution in [-0.4, -0.2) is 75.9 Å². The zero-order valence-electron chi connectivity index (χ0n) is 11.9. The highest BCUT2D eigenvalue weighted by Crippen LogP contribution is 2.07. The first kappa shape index (κ1) is 14.9. The lowest BCUT2D eigenvalue weighted by Crippen LogP contribution is -2.53. The normalized spacial score (nSPS) is 22.6. The van der Waals surface area contributed by atoms with Gasteiger partial charge in [-0.05, 0) is 20.0 Å². The van der Waals surface area contributed by atoms with Gasteiger partial charge in [0.05, 0.1) is 13.2 Å². The summed E-state index contributed by atoms with van der Waals surface area (Å²) in [6.07, 6.45) is 0. The topological polar surface area (TPSA) is 27.7 Å². The van der Waals surface area contributed by atoms with E-state index in [4.69, 9.17) is 4.74 Å². The van der Waals surface area contributed by atoms with E-state index in [0.717, 1.165) is 45.9 Å². The summed E-state index contributed by atoms with van der Waals surface area (Å²) in [5, 5.41) is 3.58. The number of likely N-dealkylation sites (N-methyl/N-ethyl adjacent to an activating group) is 1. The molecule has 1 atom stereocenters. The van der Waals surface area contributed by atoms with E-state index in [9.17, 15) is 0 Å². The number of rotatable bonds is 7. The maximum Gasteiger partial charge on any atom is 0.0594 e. The lowest BCUT2D eigenvalue weighted by molar-refractivity contribution is 0.0788. The number of piperazine rings is 1. The molecule has 0 aromatic carbocycles.